The molecule has 0 spiro atoms. The Hall–Kier alpha value is -1.79. The molecule has 2 unspecified atom stereocenters. The number of halogens is 1. The zero-order valence-corrected chi connectivity index (χ0v) is 14.2. The first-order valence-corrected chi connectivity index (χ1v) is 9.30. The molecule has 132 valence electrons. The highest BCUT2D eigenvalue weighted by molar-refractivity contribution is 5.22. The normalized spacial score (nSPS) is 27.1. The van der Waals surface area contributed by atoms with Crippen LogP contribution in [0.1, 0.15) is 67.3 Å². The maximum absolute atomic E-state index is 13.6. The first-order chi connectivity index (χ1) is 12.2. The average Bonchev–Trinajstić information content (AvgIpc) is 3.52. The van der Waals surface area contributed by atoms with E-state index in [1.807, 2.05) is 6.07 Å². The van der Waals surface area contributed by atoms with Gasteiger partial charge in [-0.2, -0.15) is 0 Å². The van der Waals surface area contributed by atoms with Gasteiger partial charge in [-0.1, -0.05) is 12.1 Å². The SMILES string of the molecule is OC1CC(c2cccc(F)c2)N(Cc2nnc(C3CC3)n2C2CC2)C1. The Bertz CT molecular complexity index is 783. The van der Waals surface area contributed by atoms with Gasteiger partial charge in [-0.15, -0.1) is 10.2 Å². The van der Waals surface area contributed by atoms with E-state index in [4.69, 9.17) is 0 Å². The van der Waals surface area contributed by atoms with Gasteiger partial charge >= 0.3 is 0 Å². The van der Waals surface area contributed by atoms with Gasteiger partial charge < -0.3 is 9.67 Å². The fourth-order valence-electron chi connectivity index (χ4n) is 4.09. The number of aromatic nitrogens is 3. The summed E-state index contributed by atoms with van der Waals surface area (Å²) in [5.41, 5.74) is 0.927. The summed E-state index contributed by atoms with van der Waals surface area (Å²) in [6.07, 6.45) is 5.12. The lowest BCUT2D eigenvalue weighted by Gasteiger charge is -2.24. The minimum atomic E-state index is -0.381. The minimum absolute atomic E-state index is 0.0272. The van der Waals surface area contributed by atoms with Crippen molar-refractivity contribution in [3.8, 4) is 0 Å². The molecule has 25 heavy (non-hydrogen) atoms. The van der Waals surface area contributed by atoms with Crippen LogP contribution in [-0.4, -0.2) is 37.4 Å². The van der Waals surface area contributed by atoms with E-state index in [0.29, 0.717) is 31.5 Å². The van der Waals surface area contributed by atoms with Gasteiger partial charge in [-0.05, 0) is 49.8 Å². The van der Waals surface area contributed by atoms with E-state index in [1.54, 1.807) is 12.1 Å². The number of aliphatic hydroxyl groups excluding tert-OH is 1. The van der Waals surface area contributed by atoms with E-state index in [1.165, 1.54) is 31.7 Å². The molecule has 2 aliphatic carbocycles. The highest BCUT2D eigenvalue weighted by Crippen LogP contribution is 2.45. The Labute approximate surface area is 146 Å². The molecule has 1 aliphatic heterocycles. The molecular formula is C19H23FN4O. The Balaban J connectivity index is 1.42. The maximum Gasteiger partial charge on any atom is 0.147 e. The molecule has 2 aromatic rings. The zero-order valence-electron chi connectivity index (χ0n) is 14.2. The van der Waals surface area contributed by atoms with Crippen LogP contribution in [0.25, 0.3) is 0 Å². The van der Waals surface area contributed by atoms with Crippen molar-refractivity contribution in [3.63, 3.8) is 0 Å². The summed E-state index contributed by atoms with van der Waals surface area (Å²) >= 11 is 0. The van der Waals surface area contributed by atoms with Crippen LogP contribution in [0, 0.1) is 5.82 Å². The van der Waals surface area contributed by atoms with Crippen LogP contribution in [0.15, 0.2) is 24.3 Å². The molecule has 1 saturated heterocycles. The molecule has 5 nitrogen and oxygen atoms in total. The summed E-state index contributed by atoms with van der Waals surface area (Å²) in [4.78, 5) is 2.22. The van der Waals surface area contributed by atoms with Crippen LogP contribution in [0.3, 0.4) is 0 Å². The number of β-amino-alcohol motifs (C(OH)–C–C–N with tert-alkyl or cyclic N) is 1. The van der Waals surface area contributed by atoms with Gasteiger partial charge in [0, 0.05) is 24.5 Å². The van der Waals surface area contributed by atoms with Crippen molar-refractivity contribution in [2.24, 2.45) is 0 Å². The summed E-state index contributed by atoms with van der Waals surface area (Å²) < 4.78 is 16.0. The fourth-order valence-corrected chi connectivity index (χ4v) is 4.09. The van der Waals surface area contributed by atoms with Gasteiger partial charge in [0.1, 0.15) is 17.5 Å². The zero-order chi connectivity index (χ0) is 17.0. The quantitative estimate of drug-likeness (QED) is 0.908. The molecule has 2 atom stereocenters. The second-order valence-corrected chi connectivity index (χ2v) is 7.74. The standard InChI is InChI=1S/C19H23FN4O/c20-14-3-1-2-13(8-14)17-9-16(25)10-23(17)11-18-21-22-19(12-4-5-12)24(18)15-6-7-15/h1-3,8,12,15-17,25H,4-7,9-11H2. The molecule has 0 radical (unpaired) electrons. The van der Waals surface area contributed by atoms with Crippen molar-refractivity contribution in [2.75, 3.05) is 6.54 Å². The van der Waals surface area contributed by atoms with Crippen LogP contribution in [0.2, 0.25) is 0 Å². The molecule has 6 heteroatoms. The molecule has 5 rings (SSSR count). The predicted molar refractivity (Wildman–Crippen MR) is 90.4 cm³/mol. The smallest absolute Gasteiger partial charge is 0.147 e. The average molecular weight is 342 g/mol. The number of rotatable bonds is 5. The van der Waals surface area contributed by atoms with Crippen molar-refractivity contribution < 1.29 is 9.50 Å². The lowest BCUT2D eigenvalue weighted by atomic mass is 10.0. The summed E-state index contributed by atoms with van der Waals surface area (Å²) in [6.45, 7) is 1.26. The van der Waals surface area contributed by atoms with Gasteiger partial charge in [0.2, 0.25) is 0 Å². The number of likely N-dealkylation sites (tertiary alicyclic amines) is 1. The number of benzene rings is 1. The Morgan fingerprint density at radius 1 is 1.16 bits per heavy atom. The van der Waals surface area contributed by atoms with Crippen LogP contribution in [-0.2, 0) is 6.54 Å². The molecule has 0 bridgehead atoms. The third-order valence-corrected chi connectivity index (χ3v) is 5.61. The van der Waals surface area contributed by atoms with Crippen molar-refractivity contribution in [3.05, 3.63) is 47.3 Å². The molecule has 1 N–H and O–H groups in total. The van der Waals surface area contributed by atoms with Crippen LogP contribution < -0.4 is 0 Å². The van der Waals surface area contributed by atoms with E-state index in [2.05, 4.69) is 19.7 Å². The largest absolute Gasteiger partial charge is 0.392 e. The van der Waals surface area contributed by atoms with E-state index in [0.717, 1.165) is 17.2 Å². The van der Waals surface area contributed by atoms with Gasteiger partial charge in [0.25, 0.3) is 0 Å². The third-order valence-electron chi connectivity index (χ3n) is 5.61. The molecule has 3 aliphatic rings. The van der Waals surface area contributed by atoms with Crippen molar-refractivity contribution in [1.82, 2.24) is 19.7 Å². The van der Waals surface area contributed by atoms with Gasteiger partial charge in [-0.3, -0.25) is 4.90 Å². The Morgan fingerprint density at radius 3 is 2.72 bits per heavy atom. The topological polar surface area (TPSA) is 54.2 Å². The monoisotopic (exact) mass is 342 g/mol. The van der Waals surface area contributed by atoms with Crippen molar-refractivity contribution in [2.45, 2.75) is 62.8 Å². The molecule has 2 heterocycles. The number of nitrogens with zero attached hydrogens (tertiary/aromatic N) is 4. The first-order valence-electron chi connectivity index (χ1n) is 9.30. The molecule has 2 saturated carbocycles. The predicted octanol–water partition coefficient (Wildman–Crippen LogP) is 2.94. The van der Waals surface area contributed by atoms with Gasteiger partial charge in [-0.25, -0.2) is 4.39 Å². The molecule has 3 fully saturated rings. The Kier molecular flexibility index (Phi) is 3.64. The number of aliphatic hydroxyl groups is 1. The Morgan fingerprint density at radius 2 is 2.00 bits per heavy atom. The van der Waals surface area contributed by atoms with Crippen LogP contribution >= 0.6 is 0 Å². The second kappa shape index (κ2) is 5.88. The minimum Gasteiger partial charge on any atom is -0.392 e. The fraction of sp³-hybridized carbons (Fsp3) is 0.579. The highest BCUT2D eigenvalue weighted by atomic mass is 19.1. The molecule has 0 amide bonds. The number of hydrogen-bond donors (Lipinski definition) is 1. The number of hydrogen-bond acceptors (Lipinski definition) is 4. The van der Waals surface area contributed by atoms with Gasteiger partial charge in [0.15, 0.2) is 0 Å². The summed E-state index contributed by atoms with van der Waals surface area (Å²) in [5.74, 6) is 2.51. The van der Waals surface area contributed by atoms with E-state index in [-0.39, 0.29) is 18.0 Å². The summed E-state index contributed by atoms with van der Waals surface area (Å²) in [6, 6.07) is 7.31. The van der Waals surface area contributed by atoms with E-state index in [9.17, 15) is 9.50 Å². The lowest BCUT2D eigenvalue weighted by molar-refractivity contribution is 0.170. The van der Waals surface area contributed by atoms with Crippen LogP contribution in [0.4, 0.5) is 4.39 Å². The second-order valence-electron chi connectivity index (χ2n) is 7.74. The summed E-state index contributed by atoms with van der Waals surface area (Å²) in [7, 11) is 0. The van der Waals surface area contributed by atoms with E-state index >= 15 is 0 Å². The van der Waals surface area contributed by atoms with Gasteiger partial charge in [0.05, 0.1) is 12.6 Å². The maximum atomic E-state index is 13.6. The molecule has 1 aromatic heterocycles. The third kappa shape index (κ3) is 2.98. The molecular weight excluding hydrogens is 319 g/mol. The lowest BCUT2D eigenvalue weighted by Crippen LogP contribution is -2.26. The summed E-state index contributed by atoms with van der Waals surface area (Å²) in [5, 5.41) is 19.2. The van der Waals surface area contributed by atoms with Crippen molar-refractivity contribution in [1.29, 1.82) is 0 Å². The van der Waals surface area contributed by atoms with E-state index < -0.39 is 0 Å². The molecule has 1 aromatic carbocycles. The first kappa shape index (κ1) is 15.5. The van der Waals surface area contributed by atoms with Crippen LogP contribution in [0.5, 0.6) is 0 Å². The highest BCUT2D eigenvalue weighted by Gasteiger charge is 2.38. The van der Waals surface area contributed by atoms with Crippen molar-refractivity contribution >= 4 is 0 Å².